The van der Waals surface area contributed by atoms with Crippen molar-refractivity contribution in [1.82, 2.24) is 45.8 Å². The summed E-state index contributed by atoms with van der Waals surface area (Å²) in [7, 11) is 0. The van der Waals surface area contributed by atoms with Crippen LogP contribution < -0.4 is 15.5 Å². The summed E-state index contributed by atoms with van der Waals surface area (Å²) in [4.78, 5) is 52.8. The number of likely N-dealkylation sites (tertiary alicyclic amines) is 1. The SMILES string of the molecule is Cc1ncsc1-c1ccc(C(C)NC(=O)[C@@H]2C[C@@H](O)CN2C(=O)C(NC(=O)CN2CCN(c3ccc(-c4cnnc(-c5cccc6cn[nH]c56)c4)cc3)CC2)C(C)(C)C)cc1. The number of fused-ring (bicyclic) bond motifs is 1. The molecule has 4 N–H and O–H groups in total. The number of aryl methyl sites for hydroxylation is 1. The van der Waals surface area contributed by atoms with Gasteiger partial charge < -0.3 is 25.5 Å². The number of piperazine rings is 1. The van der Waals surface area contributed by atoms with Crippen molar-refractivity contribution >= 4 is 45.6 Å². The molecule has 15 heteroatoms. The predicted octanol–water partition coefficient (Wildman–Crippen LogP) is 5.61. The molecular formula is C46H52N10O4S. The highest BCUT2D eigenvalue weighted by molar-refractivity contribution is 7.13. The van der Waals surface area contributed by atoms with Gasteiger partial charge in [0.2, 0.25) is 17.7 Å². The average molecular weight is 841 g/mol. The molecule has 3 aromatic carbocycles. The van der Waals surface area contributed by atoms with Crippen LogP contribution in [0, 0.1) is 12.3 Å². The van der Waals surface area contributed by atoms with Gasteiger partial charge in [0.15, 0.2) is 0 Å². The number of benzene rings is 3. The van der Waals surface area contributed by atoms with E-state index in [1.165, 1.54) is 4.90 Å². The van der Waals surface area contributed by atoms with E-state index in [2.05, 4.69) is 70.1 Å². The predicted molar refractivity (Wildman–Crippen MR) is 238 cm³/mol. The number of nitrogens with one attached hydrogen (secondary N) is 3. The summed E-state index contributed by atoms with van der Waals surface area (Å²) in [6.07, 6.45) is 2.84. The van der Waals surface area contributed by atoms with Gasteiger partial charge in [-0.3, -0.25) is 24.4 Å². The average Bonchev–Trinajstić information content (AvgIpc) is 4.02. The summed E-state index contributed by atoms with van der Waals surface area (Å²) in [5, 5.41) is 33.7. The second kappa shape index (κ2) is 17.5. The van der Waals surface area contributed by atoms with Crippen molar-refractivity contribution in [3.63, 3.8) is 0 Å². The number of aromatic amines is 1. The van der Waals surface area contributed by atoms with Crippen LogP contribution in [-0.2, 0) is 14.4 Å². The normalized spacial score (nSPS) is 18.3. The van der Waals surface area contributed by atoms with E-state index in [1.807, 2.05) is 88.7 Å². The number of β-amino-alcohol motifs (C(OH)–C–C–N with tert-alkyl or cyclic N) is 1. The number of aliphatic hydroxyl groups is 1. The zero-order chi connectivity index (χ0) is 42.8. The van der Waals surface area contributed by atoms with Crippen molar-refractivity contribution in [2.45, 2.75) is 65.3 Å². The number of thiazole rings is 1. The summed E-state index contributed by atoms with van der Waals surface area (Å²) in [5.74, 6) is -0.975. The molecule has 0 bridgehead atoms. The van der Waals surface area contributed by atoms with E-state index in [0.717, 1.165) is 73.8 Å². The van der Waals surface area contributed by atoms with Crippen molar-refractivity contribution in [3.05, 3.63) is 102 Å². The summed E-state index contributed by atoms with van der Waals surface area (Å²) >= 11 is 1.59. The highest BCUT2D eigenvalue weighted by Crippen LogP contribution is 2.32. The van der Waals surface area contributed by atoms with Gasteiger partial charge in [-0.1, -0.05) is 75.4 Å². The molecular weight excluding hydrogens is 789 g/mol. The monoisotopic (exact) mass is 840 g/mol. The molecule has 4 atom stereocenters. The Kier molecular flexibility index (Phi) is 12.0. The maximum Gasteiger partial charge on any atom is 0.246 e. The Bertz CT molecular complexity index is 2510. The summed E-state index contributed by atoms with van der Waals surface area (Å²) in [5.41, 5.74) is 9.85. The van der Waals surface area contributed by atoms with Crippen molar-refractivity contribution in [2.75, 3.05) is 44.2 Å². The number of hydrogen-bond acceptors (Lipinski definition) is 11. The van der Waals surface area contributed by atoms with Crippen molar-refractivity contribution in [1.29, 1.82) is 0 Å². The number of amides is 3. The van der Waals surface area contributed by atoms with Crippen LogP contribution in [-0.4, -0.2) is 115 Å². The molecule has 2 aliphatic heterocycles. The van der Waals surface area contributed by atoms with Gasteiger partial charge in [0.1, 0.15) is 12.1 Å². The van der Waals surface area contributed by atoms with Gasteiger partial charge in [0.25, 0.3) is 0 Å². The van der Waals surface area contributed by atoms with Gasteiger partial charge in [-0.15, -0.1) is 11.3 Å². The molecule has 6 aromatic rings. The lowest BCUT2D eigenvalue weighted by molar-refractivity contribution is -0.144. The number of para-hydroxylation sites is 1. The Hall–Kier alpha value is -6.03. The lowest BCUT2D eigenvalue weighted by Crippen LogP contribution is -2.59. The molecule has 8 rings (SSSR count). The molecule has 0 aliphatic carbocycles. The molecule has 3 aromatic heterocycles. The first-order valence-electron chi connectivity index (χ1n) is 20.7. The van der Waals surface area contributed by atoms with Gasteiger partial charge in [-0.2, -0.15) is 15.3 Å². The Morgan fingerprint density at radius 2 is 1.67 bits per heavy atom. The second-order valence-corrected chi connectivity index (χ2v) is 18.0. The molecule has 316 valence electrons. The molecule has 0 spiro atoms. The lowest BCUT2D eigenvalue weighted by Gasteiger charge is -2.37. The molecule has 2 aliphatic rings. The third-order valence-corrected chi connectivity index (χ3v) is 12.8. The lowest BCUT2D eigenvalue weighted by atomic mass is 9.85. The van der Waals surface area contributed by atoms with E-state index in [1.54, 1.807) is 23.7 Å². The Balaban J connectivity index is 0.848. The van der Waals surface area contributed by atoms with Crippen molar-refractivity contribution in [3.8, 4) is 32.8 Å². The van der Waals surface area contributed by atoms with Gasteiger partial charge in [0, 0.05) is 61.3 Å². The van der Waals surface area contributed by atoms with Crippen LogP contribution in [0.15, 0.2) is 90.7 Å². The number of hydrogen-bond donors (Lipinski definition) is 4. The van der Waals surface area contributed by atoms with Gasteiger partial charge >= 0.3 is 0 Å². The number of H-pyrrole nitrogens is 1. The topological polar surface area (TPSA) is 173 Å². The maximum absolute atomic E-state index is 14.2. The van der Waals surface area contributed by atoms with Crippen LogP contribution >= 0.6 is 11.3 Å². The number of aliphatic hydroxyl groups excluding tert-OH is 1. The Labute approximate surface area is 359 Å². The number of carbonyl (C=O) groups is 3. The largest absolute Gasteiger partial charge is 0.391 e. The highest BCUT2D eigenvalue weighted by Gasteiger charge is 2.45. The highest BCUT2D eigenvalue weighted by atomic mass is 32.1. The van der Waals surface area contributed by atoms with E-state index in [-0.39, 0.29) is 43.3 Å². The number of nitrogens with zero attached hydrogens (tertiary/aromatic N) is 7. The zero-order valence-corrected chi connectivity index (χ0v) is 35.9. The third-order valence-electron chi connectivity index (χ3n) is 11.8. The van der Waals surface area contributed by atoms with Crippen molar-refractivity contribution in [2.24, 2.45) is 5.41 Å². The minimum absolute atomic E-state index is 0.0168. The second-order valence-electron chi connectivity index (χ2n) is 17.2. The first kappa shape index (κ1) is 41.7. The van der Waals surface area contributed by atoms with Crippen LogP contribution in [0.1, 0.15) is 51.4 Å². The van der Waals surface area contributed by atoms with E-state index in [9.17, 15) is 19.5 Å². The summed E-state index contributed by atoms with van der Waals surface area (Å²) in [6, 6.07) is 22.4. The molecule has 3 amide bonds. The molecule has 0 radical (unpaired) electrons. The Morgan fingerprint density at radius 1 is 0.934 bits per heavy atom. The third kappa shape index (κ3) is 9.19. The number of aromatic nitrogens is 5. The van der Waals surface area contributed by atoms with Crippen LogP contribution in [0.25, 0.3) is 43.7 Å². The summed E-state index contributed by atoms with van der Waals surface area (Å²) < 4.78 is 0. The fourth-order valence-corrected chi connectivity index (χ4v) is 9.10. The van der Waals surface area contributed by atoms with Crippen LogP contribution in [0.2, 0.25) is 0 Å². The van der Waals surface area contributed by atoms with E-state index < -0.39 is 23.6 Å². The van der Waals surface area contributed by atoms with Gasteiger partial charge in [-0.05, 0) is 54.2 Å². The minimum atomic E-state index is -0.897. The molecule has 0 saturated carbocycles. The van der Waals surface area contributed by atoms with Crippen LogP contribution in [0.4, 0.5) is 5.69 Å². The fraction of sp³-hybridized carbons (Fsp3) is 0.370. The smallest absolute Gasteiger partial charge is 0.246 e. The van der Waals surface area contributed by atoms with E-state index in [4.69, 9.17) is 0 Å². The van der Waals surface area contributed by atoms with Gasteiger partial charge in [0.05, 0.1) is 58.4 Å². The first-order chi connectivity index (χ1) is 29.3. The number of carbonyl (C=O) groups excluding carboxylic acids is 3. The first-order valence-corrected chi connectivity index (χ1v) is 21.6. The quantitative estimate of drug-likeness (QED) is 0.129. The van der Waals surface area contributed by atoms with Gasteiger partial charge in [-0.25, -0.2) is 4.98 Å². The fourth-order valence-electron chi connectivity index (χ4n) is 8.29. The number of anilines is 1. The molecule has 5 heterocycles. The Morgan fingerprint density at radius 3 is 2.38 bits per heavy atom. The molecule has 2 saturated heterocycles. The molecule has 2 unspecified atom stereocenters. The minimum Gasteiger partial charge on any atom is -0.391 e. The van der Waals surface area contributed by atoms with Crippen LogP contribution in [0.5, 0.6) is 0 Å². The van der Waals surface area contributed by atoms with E-state index >= 15 is 0 Å². The molecule has 2 fully saturated rings. The molecule has 61 heavy (non-hydrogen) atoms. The standard InChI is InChI=1S/C46H52N10O4S/c1-28(30-9-11-32(12-10-30)42-29(2)47-27-61-42)50-44(59)39-22-36(57)25-56(39)45(60)43(46(3,4)5)51-40(58)26-54-17-19-55(20-18-54)35-15-13-31(14-16-35)34-21-38(52-48-24-34)37-8-6-7-33-23-49-53-41(33)37/h6-16,21,23-24,27-28,36,39,43,57H,17-20,22,25-26H2,1-5H3,(H,49,53)(H,50,59)(H,51,58)/t28?,36-,39+,43?/m1/s1. The number of rotatable bonds is 11. The maximum atomic E-state index is 14.2. The van der Waals surface area contributed by atoms with Crippen molar-refractivity contribution < 1.29 is 19.5 Å². The zero-order valence-electron chi connectivity index (χ0n) is 35.1. The van der Waals surface area contributed by atoms with Crippen LogP contribution in [0.3, 0.4) is 0 Å². The van der Waals surface area contributed by atoms with E-state index in [0.29, 0.717) is 13.1 Å². The molecule has 14 nitrogen and oxygen atoms in total. The summed E-state index contributed by atoms with van der Waals surface area (Å²) in [6.45, 7) is 12.5.